The van der Waals surface area contributed by atoms with Gasteiger partial charge in [-0.05, 0) is 44.4 Å². The van der Waals surface area contributed by atoms with Gasteiger partial charge in [-0.2, -0.15) is 0 Å². The molecule has 1 unspecified atom stereocenters. The average molecular weight is 296 g/mol. The van der Waals surface area contributed by atoms with E-state index in [0.29, 0.717) is 12.8 Å². The van der Waals surface area contributed by atoms with Crippen molar-refractivity contribution in [2.75, 3.05) is 6.54 Å². The van der Waals surface area contributed by atoms with Gasteiger partial charge < -0.3 is 4.90 Å². The first-order chi connectivity index (χ1) is 10.7. The zero-order chi connectivity index (χ0) is 15.4. The topological polar surface area (TPSA) is 59.0 Å². The van der Waals surface area contributed by atoms with Crippen molar-refractivity contribution in [1.29, 1.82) is 0 Å². The molecule has 0 radical (unpaired) electrons. The van der Waals surface area contributed by atoms with Gasteiger partial charge in [-0.25, -0.2) is 9.97 Å². The number of hydrogen-bond acceptors (Lipinski definition) is 4. The molecule has 3 heterocycles. The molecule has 5 nitrogen and oxygen atoms in total. The summed E-state index contributed by atoms with van der Waals surface area (Å²) in [6, 6.07) is 8.00. The number of aryl methyl sites for hydroxylation is 2. The van der Waals surface area contributed by atoms with Crippen LogP contribution >= 0.6 is 0 Å². The highest BCUT2D eigenvalue weighted by Crippen LogP contribution is 2.31. The molecular formula is C17H20N4O. The van der Waals surface area contributed by atoms with E-state index in [-0.39, 0.29) is 11.9 Å². The number of rotatable bonds is 4. The van der Waals surface area contributed by atoms with E-state index < -0.39 is 0 Å². The molecule has 1 aliphatic heterocycles. The molecule has 0 aromatic carbocycles. The number of amides is 1. The Balaban J connectivity index is 1.66. The van der Waals surface area contributed by atoms with Crippen LogP contribution in [0.5, 0.6) is 0 Å². The molecule has 0 saturated carbocycles. The lowest BCUT2D eigenvalue weighted by Gasteiger charge is -2.24. The molecule has 0 bridgehead atoms. The molecule has 114 valence electrons. The normalized spacial score (nSPS) is 17.7. The second-order valence-corrected chi connectivity index (χ2v) is 5.65. The third-order valence-corrected chi connectivity index (χ3v) is 4.06. The van der Waals surface area contributed by atoms with Crippen LogP contribution in [0.3, 0.4) is 0 Å². The van der Waals surface area contributed by atoms with Crippen LogP contribution in [-0.4, -0.2) is 32.3 Å². The van der Waals surface area contributed by atoms with Crippen molar-refractivity contribution in [2.24, 2.45) is 0 Å². The van der Waals surface area contributed by atoms with Crippen LogP contribution in [-0.2, 0) is 11.2 Å². The molecule has 5 heteroatoms. The van der Waals surface area contributed by atoms with Gasteiger partial charge in [0.05, 0.1) is 11.7 Å². The van der Waals surface area contributed by atoms with Gasteiger partial charge in [0, 0.05) is 30.6 Å². The summed E-state index contributed by atoms with van der Waals surface area (Å²) in [6.07, 6.45) is 6.41. The lowest BCUT2D eigenvalue weighted by atomic mass is 10.1. The SMILES string of the molecule is Cc1cccc(C2CCCN2C(=O)CCc2ccncn2)n1. The predicted octanol–water partition coefficient (Wildman–Crippen LogP) is 2.48. The van der Waals surface area contributed by atoms with Gasteiger partial charge in [0.25, 0.3) is 0 Å². The van der Waals surface area contributed by atoms with Crippen LogP contribution in [0.15, 0.2) is 36.8 Å². The molecule has 22 heavy (non-hydrogen) atoms. The van der Waals surface area contributed by atoms with Crippen molar-refractivity contribution in [1.82, 2.24) is 19.9 Å². The van der Waals surface area contributed by atoms with E-state index in [1.165, 1.54) is 6.33 Å². The van der Waals surface area contributed by atoms with Crippen molar-refractivity contribution in [3.05, 3.63) is 53.9 Å². The van der Waals surface area contributed by atoms with Gasteiger partial charge in [-0.15, -0.1) is 0 Å². The fraction of sp³-hybridized carbons (Fsp3) is 0.412. The largest absolute Gasteiger partial charge is 0.334 e. The summed E-state index contributed by atoms with van der Waals surface area (Å²) >= 11 is 0. The number of carbonyl (C=O) groups is 1. The van der Waals surface area contributed by atoms with E-state index in [1.807, 2.05) is 36.1 Å². The molecule has 3 rings (SSSR count). The van der Waals surface area contributed by atoms with Gasteiger partial charge in [-0.3, -0.25) is 9.78 Å². The first-order valence-electron chi connectivity index (χ1n) is 7.72. The van der Waals surface area contributed by atoms with Gasteiger partial charge in [0.15, 0.2) is 0 Å². The van der Waals surface area contributed by atoms with E-state index in [0.717, 1.165) is 36.5 Å². The molecule has 0 spiro atoms. The van der Waals surface area contributed by atoms with E-state index in [9.17, 15) is 4.79 Å². The summed E-state index contributed by atoms with van der Waals surface area (Å²) < 4.78 is 0. The van der Waals surface area contributed by atoms with E-state index in [1.54, 1.807) is 6.20 Å². The standard InChI is InChI=1S/C17H20N4O/c1-13-4-2-5-15(20-13)16-6-3-11-21(16)17(22)8-7-14-9-10-18-12-19-14/h2,4-5,9-10,12,16H,3,6-8,11H2,1H3. The number of nitrogens with zero attached hydrogens (tertiary/aromatic N) is 4. The van der Waals surface area contributed by atoms with Crippen molar-refractivity contribution >= 4 is 5.91 Å². The molecular weight excluding hydrogens is 276 g/mol. The molecule has 2 aromatic heterocycles. The monoisotopic (exact) mass is 296 g/mol. The lowest BCUT2D eigenvalue weighted by molar-refractivity contribution is -0.132. The van der Waals surface area contributed by atoms with Crippen LogP contribution < -0.4 is 0 Å². The minimum absolute atomic E-state index is 0.123. The Morgan fingerprint density at radius 2 is 2.27 bits per heavy atom. The molecule has 0 N–H and O–H groups in total. The van der Waals surface area contributed by atoms with Gasteiger partial charge in [-0.1, -0.05) is 6.07 Å². The minimum Gasteiger partial charge on any atom is -0.334 e. The highest BCUT2D eigenvalue weighted by molar-refractivity contribution is 5.77. The van der Waals surface area contributed by atoms with Gasteiger partial charge in [0.2, 0.25) is 5.91 Å². The lowest BCUT2D eigenvalue weighted by Crippen LogP contribution is -2.31. The quantitative estimate of drug-likeness (QED) is 0.869. The third kappa shape index (κ3) is 3.30. The minimum atomic E-state index is 0.123. The number of carbonyl (C=O) groups excluding carboxylic acids is 1. The summed E-state index contributed by atoms with van der Waals surface area (Å²) in [5.74, 6) is 0.185. The van der Waals surface area contributed by atoms with E-state index in [4.69, 9.17) is 0 Å². The Morgan fingerprint density at radius 1 is 1.36 bits per heavy atom. The Bertz CT molecular complexity index is 644. The summed E-state index contributed by atoms with van der Waals surface area (Å²) in [5.41, 5.74) is 2.92. The molecule has 1 saturated heterocycles. The average Bonchev–Trinajstić information content (AvgIpc) is 3.03. The first-order valence-corrected chi connectivity index (χ1v) is 7.72. The maximum atomic E-state index is 12.5. The van der Waals surface area contributed by atoms with Crippen LogP contribution in [0.25, 0.3) is 0 Å². The maximum absolute atomic E-state index is 12.5. The molecule has 2 aromatic rings. The molecule has 1 amide bonds. The smallest absolute Gasteiger partial charge is 0.223 e. The van der Waals surface area contributed by atoms with Crippen LogP contribution in [0.2, 0.25) is 0 Å². The van der Waals surface area contributed by atoms with Crippen LogP contribution in [0, 0.1) is 6.92 Å². The van der Waals surface area contributed by atoms with Crippen molar-refractivity contribution < 1.29 is 4.79 Å². The number of aromatic nitrogens is 3. The molecule has 1 atom stereocenters. The van der Waals surface area contributed by atoms with Gasteiger partial charge in [0.1, 0.15) is 6.33 Å². The van der Waals surface area contributed by atoms with Crippen molar-refractivity contribution in [3.8, 4) is 0 Å². The Morgan fingerprint density at radius 3 is 3.05 bits per heavy atom. The van der Waals surface area contributed by atoms with Gasteiger partial charge >= 0.3 is 0 Å². The van der Waals surface area contributed by atoms with Crippen molar-refractivity contribution in [2.45, 2.75) is 38.6 Å². The summed E-state index contributed by atoms with van der Waals surface area (Å²) in [7, 11) is 0. The fourth-order valence-corrected chi connectivity index (χ4v) is 2.97. The zero-order valence-electron chi connectivity index (χ0n) is 12.8. The summed E-state index contributed by atoms with van der Waals surface area (Å²) in [6.45, 7) is 2.81. The van der Waals surface area contributed by atoms with Crippen molar-refractivity contribution in [3.63, 3.8) is 0 Å². The molecule has 0 aliphatic carbocycles. The second-order valence-electron chi connectivity index (χ2n) is 5.65. The Hall–Kier alpha value is -2.30. The Labute approximate surface area is 130 Å². The van der Waals surface area contributed by atoms with Crippen LogP contribution in [0.1, 0.15) is 42.4 Å². The summed E-state index contributed by atoms with van der Waals surface area (Å²) in [4.78, 5) is 27.2. The highest BCUT2D eigenvalue weighted by atomic mass is 16.2. The fourth-order valence-electron chi connectivity index (χ4n) is 2.97. The van der Waals surface area contributed by atoms with E-state index in [2.05, 4.69) is 15.0 Å². The van der Waals surface area contributed by atoms with E-state index >= 15 is 0 Å². The first kappa shape index (κ1) is 14.6. The number of hydrogen-bond donors (Lipinski definition) is 0. The zero-order valence-corrected chi connectivity index (χ0v) is 12.8. The molecule has 1 fully saturated rings. The number of pyridine rings is 1. The Kier molecular flexibility index (Phi) is 4.42. The third-order valence-electron chi connectivity index (χ3n) is 4.06. The number of likely N-dealkylation sites (tertiary alicyclic amines) is 1. The second kappa shape index (κ2) is 6.64. The van der Waals surface area contributed by atoms with Crippen LogP contribution in [0.4, 0.5) is 0 Å². The molecule has 1 aliphatic rings. The maximum Gasteiger partial charge on any atom is 0.223 e. The summed E-state index contributed by atoms with van der Waals surface area (Å²) in [5, 5.41) is 0. The predicted molar refractivity (Wildman–Crippen MR) is 83.0 cm³/mol. The highest BCUT2D eigenvalue weighted by Gasteiger charge is 2.30.